The highest BCUT2D eigenvalue weighted by molar-refractivity contribution is 7.86. The van der Waals surface area contributed by atoms with Crippen molar-refractivity contribution < 1.29 is 22.3 Å². The van der Waals surface area contributed by atoms with Crippen LogP contribution in [0.1, 0.15) is 64.3 Å². The zero-order valence-electron chi connectivity index (χ0n) is 16.8. The summed E-state index contributed by atoms with van der Waals surface area (Å²) in [4.78, 5) is 25.7. The first-order chi connectivity index (χ1) is 15.0. The molecule has 0 unspecified atom stereocenters. The molecule has 2 aliphatic rings. The fourth-order valence-electron chi connectivity index (χ4n) is 4.56. The fraction of sp³-hybridized carbons (Fsp3) is 0.250. The molecule has 2 amide bonds. The number of imide groups is 1. The van der Waals surface area contributed by atoms with E-state index < -0.39 is 21.9 Å². The van der Waals surface area contributed by atoms with Crippen LogP contribution in [0.3, 0.4) is 0 Å². The Labute approximate surface area is 180 Å². The fourth-order valence-corrected chi connectivity index (χ4v) is 5.45. The van der Waals surface area contributed by atoms with E-state index >= 15 is 0 Å². The molecule has 5 rings (SSSR count). The molecule has 3 aromatic rings. The number of carbonyl (C=O) groups excluding carboxylic acids is 2. The number of hydroxylamine groups is 2. The Morgan fingerprint density at radius 1 is 0.774 bits per heavy atom. The normalized spacial score (nSPS) is 17.4. The maximum atomic E-state index is 12.9. The van der Waals surface area contributed by atoms with E-state index in [1.165, 1.54) is 31.4 Å². The lowest BCUT2D eigenvalue weighted by Crippen LogP contribution is -2.41. The molecule has 7 heteroatoms. The molecule has 1 fully saturated rings. The second-order valence-corrected chi connectivity index (χ2v) is 9.58. The molecule has 0 saturated heterocycles. The highest BCUT2D eigenvalue weighted by Gasteiger charge is 2.37. The molecule has 3 aromatic carbocycles. The summed E-state index contributed by atoms with van der Waals surface area (Å²) in [5.74, 6) is -1.15. The number of amides is 2. The van der Waals surface area contributed by atoms with Crippen molar-refractivity contribution in [3.8, 4) is 0 Å². The molecule has 1 saturated carbocycles. The van der Waals surface area contributed by atoms with Crippen LogP contribution >= 0.6 is 0 Å². The van der Waals surface area contributed by atoms with Gasteiger partial charge in [0.1, 0.15) is 0 Å². The maximum absolute atomic E-state index is 12.9. The van der Waals surface area contributed by atoms with Gasteiger partial charge in [0.15, 0.2) is 0 Å². The molecule has 31 heavy (non-hydrogen) atoms. The quantitative estimate of drug-likeness (QED) is 0.550. The summed E-state index contributed by atoms with van der Waals surface area (Å²) < 4.78 is 30.8. The van der Waals surface area contributed by atoms with Crippen molar-refractivity contribution >= 4 is 32.7 Å². The smallest absolute Gasteiger partial charge is 0.266 e. The number of benzene rings is 3. The Balaban J connectivity index is 1.44. The van der Waals surface area contributed by atoms with Crippen LogP contribution in [0.4, 0.5) is 0 Å². The van der Waals surface area contributed by atoms with E-state index in [4.69, 9.17) is 4.28 Å². The first-order valence-electron chi connectivity index (χ1n) is 10.4. The number of hydrogen-bond donors (Lipinski definition) is 0. The summed E-state index contributed by atoms with van der Waals surface area (Å²) in [6.45, 7) is 0. The zero-order valence-corrected chi connectivity index (χ0v) is 17.6. The minimum absolute atomic E-state index is 0.0928. The van der Waals surface area contributed by atoms with Crippen molar-refractivity contribution in [2.24, 2.45) is 0 Å². The molecule has 158 valence electrons. The van der Waals surface area contributed by atoms with Gasteiger partial charge < -0.3 is 0 Å². The molecule has 0 N–H and O–H groups in total. The average molecular weight is 436 g/mol. The van der Waals surface area contributed by atoms with Gasteiger partial charge in [-0.05, 0) is 54.0 Å². The summed E-state index contributed by atoms with van der Waals surface area (Å²) in [5.41, 5.74) is 1.57. The van der Waals surface area contributed by atoms with Crippen molar-refractivity contribution in [3.05, 3.63) is 77.4 Å². The standard InChI is InChI=1S/C24H21NO5S/c26-23-20-10-4-8-18-9-5-11-21(22(18)20)24(27)25(23)30-31(28,29)19-14-12-17(13-15-19)16-6-2-1-3-7-16/h4-5,8-16H,1-3,6-7H2. The molecule has 0 radical (unpaired) electrons. The molecule has 0 atom stereocenters. The predicted molar refractivity (Wildman–Crippen MR) is 115 cm³/mol. The molecule has 1 aliphatic carbocycles. The number of hydrogen-bond acceptors (Lipinski definition) is 5. The molecule has 0 bridgehead atoms. The second-order valence-electron chi connectivity index (χ2n) is 8.05. The van der Waals surface area contributed by atoms with Crippen LogP contribution in [-0.4, -0.2) is 25.3 Å². The third-order valence-corrected chi connectivity index (χ3v) is 7.35. The lowest BCUT2D eigenvalue weighted by molar-refractivity contribution is -0.0155. The van der Waals surface area contributed by atoms with Gasteiger partial charge in [-0.15, -0.1) is 9.35 Å². The van der Waals surface area contributed by atoms with E-state index in [1.54, 1.807) is 48.5 Å². The van der Waals surface area contributed by atoms with Crippen LogP contribution in [0.25, 0.3) is 10.8 Å². The van der Waals surface area contributed by atoms with Crippen molar-refractivity contribution in [1.82, 2.24) is 5.06 Å². The largest absolute Gasteiger partial charge is 0.318 e. The second kappa shape index (κ2) is 7.59. The molecule has 6 nitrogen and oxygen atoms in total. The van der Waals surface area contributed by atoms with E-state index in [1.807, 2.05) is 0 Å². The Morgan fingerprint density at radius 3 is 1.94 bits per heavy atom. The van der Waals surface area contributed by atoms with Crippen molar-refractivity contribution in [3.63, 3.8) is 0 Å². The van der Waals surface area contributed by atoms with Crippen molar-refractivity contribution in [2.45, 2.75) is 42.9 Å². The van der Waals surface area contributed by atoms with E-state index in [-0.39, 0.29) is 16.0 Å². The minimum atomic E-state index is -4.36. The van der Waals surface area contributed by atoms with Gasteiger partial charge in [-0.25, -0.2) is 0 Å². The van der Waals surface area contributed by atoms with Crippen LogP contribution in [0.2, 0.25) is 0 Å². The van der Waals surface area contributed by atoms with Crippen LogP contribution < -0.4 is 0 Å². The number of carbonyl (C=O) groups is 2. The summed E-state index contributed by atoms with van der Waals surface area (Å²) in [5, 5.41) is 1.59. The topological polar surface area (TPSA) is 80.8 Å². The highest BCUT2D eigenvalue weighted by atomic mass is 32.2. The SMILES string of the molecule is O=C1c2cccc3cccc(c23)C(=O)N1OS(=O)(=O)c1ccc(C2CCCCC2)cc1. The van der Waals surface area contributed by atoms with Crippen LogP contribution in [0.5, 0.6) is 0 Å². The summed E-state index contributed by atoms with van der Waals surface area (Å²) in [7, 11) is -4.36. The third-order valence-electron chi connectivity index (χ3n) is 6.15. The van der Waals surface area contributed by atoms with Crippen LogP contribution in [0, 0.1) is 0 Å². The lowest BCUT2D eigenvalue weighted by atomic mass is 9.84. The Kier molecular flexibility index (Phi) is 4.87. The summed E-state index contributed by atoms with van der Waals surface area (Å²) in [6.07, 6.45) is 5.81. The molecular weight excluding hydrogens is 414 g/mol. The first kappa shape index (κ1) is 19.9. The molecule has 0 spiro atoms. The van der Waals surface area contributed by atoms with E-state index in [0.29, 0.717) is 16.4 Å². The molecular formula is C24H21NO5S. The van der Waals surface area contributed by atoms with Gasteiger partial charge in [0.2, 0.25) is 0 Å². The molecule has 1 aliphatic heterocycles. The van der Waals surface area contributed by atoms with Gasteiger partial charge in [0.05, 0.1) is 16.0 Å². The monoisotopic (exact) mass is 435 g/mol. The number of rotatable bonds is 4. The lowest BCUT2D eigenvalue weighted by Gasteiger charge is -2.25. The molecule has 0 aromatic heterocycles. The van der Waals surface area contributed by atoms with Gasteiger partial charge in [-0.2, -0.15) is 8.42 Å². The zero-order chi connectivity index (χ0) is 21.6. The highest BCUT2D eigenvalue weighted by Crippen LogP contribution is 2.34. The minimum Gasteiger partial charge on any atom is -0.266 e. The Bertz CT molecular complexity index is 1240. The maximum Gasteiger partial charge on any atom is 0.318 e. The van der Waals surface area contributed by atoms with Gasteiger partial charge >= 0.3 is 10.1 Å². The van der Waals surface area contributed by atoms with Crippen molar-refractivity contribution in [1.29, 1.82) is 0 Å². The van der Waals surface area contributed by atoms with Gasteiger partial charge in [-0.1, -0.05) is 55.7 Å². The van der Waals surface area contributed by atoms with Gasteiger partial charge in [-0.3, -0.25) is 9.59 Å². The predicted octanol–water partition coefficient (Wildman–Crippen LogP) is 4.80. The van der Waals surface area contributed by atoms with E-state index in [2.05, 4.69) is 0 Å². The summed E-state index contributed by atoms with van der Waals surface area (Å²) >= 11 is 0. The Morgan fingerprint density at radius 2 is 1.35 bits per heavy atom. The van der Waals surface area contributed by atoms with E-state index in [0.717, 1.165) is 23.8 Å². The molecule has 1 heterocycles. The van der Waals surface area contributed by atoms with Crippen LogP contribution in [0.15, 0.2) is 65.6 Å². The van der Waals surface area contributed by atoms with Gasteiger partial charge in [0, 0.05) is 5.39 Å². The number of nitrogens with zero attached hydrogens (tertiary/aromatic N) is 1. The first-order valence-corrected chi connectivity index (χ1v) is 11.8. The third kappa shape index (κ3) is 3.43. The summed E-state index contributed by atoms with van der Waals surface area (Å²) in [6, 6.07) is 16.6. The van der Waals surface area contributed by atoms with Crippen molar-refractivity contribution in [2.75, 3.05) is 0 Å². The van der Waals surface area contributed by atoms with Gasteiger partial charge in [0.25, 0.3) is 11.8 Å². The average Bonchev–Trinajstić information content (AvgIpc) is 2.81. The van der Waals surface area contributed by atoms with E-state index in [9.17, 15) is 18.0 Å². The Hall–Kier alpha value is -3.03. The van der Waals surface area contributed by atoms with Crippen LogP contribution in [-0.2, 0) is 14.4 Å².